The number of carbonyl (C=O) groups is 1. The van der Waals surface area contributed by atoms with Crippen molar-refractivity contribution in [1.82, 2.24) is 9.38 Å². The van der Waals surface area contributed by atoms with Crippen molar-refractivity contribution in [3.63, 3.8) is 0 Å². The Morgan fingerprint density at radius 1 is 1.06 bits per heavy atom. The third kappa shape index (κ3) is 4.50. The molecule has 2 aromatic heterocycles. The molecule has 0 saturated heterocycles. The van der Waals surface area contributed by atoms with E-state index in [2.05, 4.69) is 69.4 Å². The van der Waals surface area contributed by atoms with E-state index in [1.807, 2.05) is 40.9 Å². The van der Waals surface area contributed by atoms with Crippen LogP contribution in [-0.4, -0.2) is 15.3 Å². The van der Waals surface area contributed by atoms with E-state index in [4.69, 9.17) is 4.98 Å². The third-order valence-electron chi connectivity index (χ3n) is 5.90. The molecule has 1 atom stereocenters. The number of hydrogen-bond acceptors (Lipinski definition) is 2. The van der Waals surface area contributed by atoms with Crippen molar-refractivity contribution in [2.75, 3.05) is 5.32 Å². The Kier molecular flexibility index (Phi) is 6.22. The molecule has 2 aromatic carbocycles. The molecule has 32 heavy (non-hydrogen) atoms. The molecule has 1 amide bonds. The molecule has 0 spiro atoms. The van der Waals surface area contributed by atoms with Crippen molar-refractivity contribution in [3.8, 4) is 11.3 Å². The van der Waals surface area contributed by atoms with Crippen LogP contribution in [-0.2, 0) is 4.79 Å². The highest BCUT2D eigenvalue weighted by molar-refractivity contribution is 6.02. The molecule has 2 heterocycles. The van der Waals surface area contributed by atoms with E-state index in [1.165, 1.54) is 5.56 Å². The minimum absolute atomic E-state index is 0.155. The Balaban J connectivity index is 1.69. The van der Waals surface area contributed by atoms with E-state index in [-0.39, 0.29) is 5.91 Å². The van der Waals surface area contributed by atoms with Crippen molar-refractivity contribution in [2.45, 2.75) is 40.0 Å². The van der Waals surface area contributed by atoms with Crippen LogP contribution >= 0.6 is 0 Å². The standard InChI is InChI=1S/C28H29N3O/c1-5-21(4)23-8-6-7-9-24(23)29-27(32)15-14-25-28(22-12-10-19(2)11-13-22)30-26-18-20(3)16-17-31(25)26/h6-18,21H,5H2,1-4H3,(H,29,32)/b15-14+. The summed E-state index contributed by atoms with van der Waals surface area (Å²) in [6.45, 7) is 8.45. The normalized spacial score (nSPS) is 12.4. The number of amides is 1. The lowest BCUT2D eigenvalue weighted by molar-refractivity contribution is -0.111. The van der Waals surface area contributed by atoms with Gasteiger partial charge in [-0.25, -0.2) is 4.98 Å². The lowest BCUT2D eigenvalue weighted by Gasteiger charge is -2.14. The Bertz CT molecular complexity index is 1280. The summed E-state index contributed by atoms with van der Waals surface area (Å²) in [6, 6.07) is 20.4. The summed E-state index contributed by atoms with van der Waals surface area (Å²) < 4.78 is 2.03. The van der Waals surface area contributed by atoms with Gasteiger partial charge in [-0.05, 0) is 61.6 Å². The number of carbonyl (C=O) groups excluding carboxylic acids is 1. The summed E-state index contributed by atoms with van der Waals surface area (Å²) in [4.78, 5) is 17.7. The van der Waals surface area contributed by atoms with Gasteiger partial charge in [-0.1, -0.05) is 61.9 Å². The minimum atomic E-state index is -0.155. The van der Waals surface area contributed by atoms with Crippen LogP contribution in [0.4, 0.5) is 5.69 Å². The molecular weight excluding hydrogens is 394 g/mol. The van der Waals surface area contributed by atoms with Gasteiger partial charge in [0.05, 0.1) is 11.4 Å². The van der Waals surface area contributed by atoms with Crippen LogP contribution in [0.2, 0.25) is 0 Å². The van der Waals surface area contributed by atoms with Gasteiger partial charge in [0.25, 0.3) is 0 Å². The summed E-state index contributed by atoms with van der Waals surface area (Å²) >= 11 is 0. The fraction of sp³-hybridized carbons (Fsp3) is 0.214. The van der Waals surface area contributed by atoms with Crippen molar-refractivity contribution in [3.05, 3.63) is 95.3 Å². The number of para-hydroxylation sites is 1. The van der Waals surface area contributed by atoms with Crippen LogP contribution in [0.1, 0.15) is 48.6 Å². The van der Waals surface area contributed by atoms with E-state index in [0.717, 1.165) is 45.8 Å². The van der Waals surface area contributed by atoms with Gasteiger partial charge >= 0.3 is 0 Å². The zero-order valence-electron chi connectivity index (χ0n) is 19.1. The molecule has 0 fully saturated rings. The van der Waals surface area contributed by atoms with E-state index < -0.39 is 0 Å². The summed E-state index contributed by atoms with van der Waals surface area (Å²) in [5.41, 5.74) is 8.00. The molecule has 4 heteroatoms. The van der Waals surface area contributed by atoms with Crippen LogP contribution in [0.5, 0.6) is 0 Å². The van der Waals surface area contributed by atoms with E-state index in [1.54, 1.807) is 6.08 Å². The van der Waals surface area contributed by atoms with Crippen molar-refractivity contribution < 1.29 is 4.79 Å². The van der Waals surface area contributed by atoms with Crippen molar-refractivity contribution in [2.24, 2.45) is 0 Å². The van der Waals surface area contributed by atoms with Gasteiger partial charge in [0, 0.05) is 23.5 Å². The van der Waals surface area contributed by atoms with Gasteiger partial charge in [-0.3, -0.25) is 9.20 Å². The molecule has 0 bridgehead atoms. The second-order valence-electron chi connectivity index (χ2n) is 8.36. The predicted molar refractivity (Wildman–Crippen MR) is 133 cm³/mol. The molecule has 4 aromatic rings. The van der Waals surface area contributed by atoms with Crippen LogP contribution in [0.25, 0.3) is 23.0 Å². The van der Waals surface area contributed by atoms with Gasteiger partial charge in [0.15, 0.2) is 0 Å². The first-order chi connectivity index (χ1) is 15.5. The maximum absolute atomic E-state index is 12.8. The molecule has 0 aliphatic rings. The zero-order chi connectivity index (χ0) is 22.7. The summed E-state index contributed by atoms with van der Waals surface area (Å²) in [5, 5.41) is 3.06. The van der Waals surface area contributed by atoms with Crippen LogP contribution < -0.4 is 5.32 Å². The van der Waals surface area contributed by atoms with Gasteiger partial charge in [0.2, 0.25) is 5.91 Å². The molecule has 4 rings (SSSR count). The summed E-state index contributed by atoms with van der Waals surface area (Å²) in [5.74, 6) is 0.225. The number of aromatic nitrogens is 2. The third-order valence-corrected chi connectivity index (χ3v) is 5.90. The fourth-order valence-electron chi connectivity index (χ4n) is 3.84. The smallest absolute Gasteiger partial charge is 0.248 e. The molecule has 4 nitrogen and oxygen atoms in total. The average Bonchev–Trinajstić information content (AvgIpc) is 3.15. The lowest BCUT2D eigenvalue weighted by atomic mass is 9.97. The number of fused-ring (bicyclic) bond motifs is 1. The number of hydrogen-bond donors (Lipinski definition) is 1. The second kappa shape index (κ2) is 9.23. The van der Waals surface area contributed by atoms with Gasteiger partial charge in [-0.15, -0.1) is 0 Å². The van der Waals surface area contributed by atoms with Crippen molar-refractivity contribution >= 4 is 23.3 Å². The van der Waals surface area contributed by atoms with Crippen LogP contribution in [0.3, 0.4) is 0 Å². The highest BCUT2D eigenvalue weighted by atomic mass is 16.1. The number of rotatable bonds is 6. The number of aryl methyl sites for hydroxylation is 2. The fourth-order valence-corrected chi connectivity index (χ4v) is 3.84. The number of nitrogens with zero attached hydrogens (tertiary/aromatic N) is 2. The van der Waals surface area contributed by atoms with E-state index in [9.17, 15) is 4.79 Å². The number of anilines is 1. The van der Waals surface area contributed by atoms with Gasteiger partial charge in [-0.2, -0.15) is 0 Å². The monoisotopic (exact) mass is 423 g/mol. The highest BCUT2D eigenvalue weighted by Gasteiger charge is 2.13. The maximum Gasteiger partial charge on any atom is 0.248 e. The average molecular weight is 424 g/mol. The first-order valence-corrected chi connectivity index (χ1v) is 11.1. The number of benzene rings is 2. The Morgan fingerprint density at radius 3 is 2.56 bits per heavy atom. The highest BCUT2D eigenvalue weighted by Crippen LogP contribution is 2.28. The molecule has 0 saturated carbocycles. The topological polar surface area (TPSA) is 46.4 Å². The molecule has 0 radical (unpaired) electrons. The minimum Gasteiger partial charge on any atom is -0.322 e. The Hall–Kier alpha value is -3.66. The second-order valence-corrected chi connectivity index (χ2v) is 8.36. The zero-order valence-corrected chi connectivity index (χ0v) is 19.1. The van der Waals surface area contributed by atoms with Crippen LogP contribution in [0, 0.1) is 13.8 Å². The molecule has 1 unspecified atom stereocenters. The Labute approximate surface area is 189 Å². The number of imidazole rings is 1. The molecule has 1 N–H and O–H groups in total. The first kappa shape index (κ1) is 21.6. The SMILES string of the molecule is CCC(C)c1ccccc1NC(=O)/C=C/c1c(-c2ccc(C)cc2)nc2cc(C)ccn12. The Morgan fingerprint density at radius 2 is 1.81 bits per heavy atom. The maximum atomic E-state index is 12.8. The molecule has 0 aliphatic carbocycles. The van der Waals surface area contributed by atoms with E-state index >= 15 is 0 Å². The van der Waals surface area contributed by atoms with Gasteiger partial charge in [0.1, 0.15) is 5.65 Å². The lowest BCUT2D eigenvalue weighted by Crippen LogP contribution is -2.10. The largest absolute Gasteiger partial charge is 0.322 e. The number of nitrogens with one attached hydrogen (secondary N) is 1. The summed E-state index contributed by atoms with van der Waals surface area (Å²) in [6.07, 6.45) is 6.47. The molecule has 162 valence electrons. The molecular formula is C28H29N3O. The van der Waals surface area contributed by atoms with Crippen molar-refractivity contribution in [1.29, 1.82) is 0 Å². The quantitative estimate of drug-likeness (QED) is 0.347. The van der Waals surface area contributed by atoms with Crippen LogP contribution in [0.15, 0.2) is 72.9 Å². The first-order valence-electron chi connectivity index (χ1n) is 11.1. The van der Waals surface area contributed by atoms with E-state index in [0.29, 0.717) is 5.92 Å². The molecule has 0 aliphatic heterocycles. The number of pyridine rings is 1. The van der Waals surface area contributed by atoms with Gasteiger partial charge < -0.3 is 5.32 Å². The summed E-state index contributed by atoms with van der Waals surface area (Å²) in [7, 11) is 0. The predicted octanol–water partition coefficient (Wildman–Crippen LogP) is 6.78.